The van der Waals surface area contributed by atoms with E-state index < -0.39 is 5.54 Å². The van der Waals surface area contributed by atoms with Crippen molar-refractivity contribution in [2.75, 3.05) is 0 Å². The standard InChI is InChI=1S/C18H21NO2/c1-13(2)18(15-11-7-4-8-12-15)17(20)21-16(19-18)14-9-5-3-6-10-14/h3,5-7,9-11,13,15H,4,8,12H2,1-2H3/t15-,18-/m0/s1. The third-order valence-corrected chi connectivity index (χ3v) is 4.52. The fraction of sp³-hybridized carbons (Fsp3) is 0.444. The van der Waals surface area contributed by atoms with Gasteiger partial charge in [-0.05, 0) is 37.3 Å². The Hall–Kier alpha value is -1.90. The van der Waals surface area contributed by atoms with Crippen LogP contribution in [0.4, 0.5) is 0 Å². The molecule has 3 nitrogen and oxygen atoms in total. The fourth-order valence-electron chi connectivity index (χ4n) is 3.32. The SMILES string of the molecule is CC(C)[C@@]1([C@H]2C=CCCC2)N=C(c2ccccc2)OC1=O. The molecule has 2 atom stereocenters. The summed E-state index contributed by atoms with van der Waals surface area (Å²) in [6.07, 6.45) is 7.52. The highest BCUT2D eigenvalue weighted by atomic mass is 16.6. The summed E-state index contributed by atoms with van der Waals surface area (Å²) in [4.78, 5) is 17.4. The van der Waals surface area contributed by atoms with Gasteiger partial charge in [-0.25, -0.2) is 9.79 Å². The van der Waals surface area contributed by atoms with Gasteiger partial charge in [0.15, 0.2) is 5.54 Å². The van der Waals surface area contributed by atoms with Crippen molar-refractivity contribution < 1.29 is 9.53 Å². The molecule has 3 heteroatoms. The van der Waals surface area contributed by atoms with Crippen molar-refractivity contribution in [2.45, 2.75) is 38.6 Å². The van der Waals surface area contributed by atoms with Crippen molar-refractivity contribution >= 4 is 11.9 Å². The quantitative estimate of drug-likeness (QED) is 0.626. The molecule has 0 fully saturated rings. The van der Waals surface area contributed by atoms with Gasteiger partial charge >= 0.3 is 5.97 Å². The predicted molar refractivity (Wildman–Crippen MR) is 83.1 cm³/mol. The number of carbonyl (C=O) groups is 1. The van der Waals surface area contributed by atoms with Gasteiger partial charge in [-0.1, -0.05) is 44.2 Å². The van der Waals surface area contributed by atoms with Gasteiger partial charge in [0.1, 0.15) is 0 Å². The summed E-state index contributed by atoms with van der Waals surface area (Å²) in [6, 6.07) is 9.67. The first-order valence-corrected chi connectivity index (χ1v) is 7.69. The molecule has 1 aromatic carbocycles. The Morgan fingerprint density at radius 2 is 2.05 bits per heavy atom. The van der Waals surface area contributed by atoms with Gasteiger partial charge < -0.3 is 4.74 Å². The van der Waals surface area contributed by atoms with E-state index in [-0.39, 0.29) is 17.8 Å². The summed E-state index contributed by atoms with van der Waals surface area (Å²) in [6.45, 7) is 4.11. The highest BCUT2D eigenvalue weighted by Gasteiger charge is 2.53. The maximum Gasteiger partial charge on any atom is 0.341 e. The molecule has 21 heavy (non-hydrogen) atoms. The number of aliphatic imine (C=N–C) groups is 1. The number of ether oxygens (including phenoxy) is 1. The molecule has 0 saturated carbocycles. The van der Waals surface area contributed by atoms with Gasteiger partial charge in [0, 0.05) is 11.5 Å². The Balaban J connectivity index is 2.04. The summed E-state index contributed by atoms with van der Waals surface area (Å²) in [7, 11) is 0. The Bertz CT molecular complexity index is 588. The van der Waals surface area contributed by atoms with Gasteiger partial charge in [0.05, 0.1) is 0 Å². The molecule has 0 aromatic heterocycles. The smallest absolute Gasteiger partial charge is 0.341 e. The van der Waals surface area contributed by atoms with E-state index in [4.69, 9.17) is 9.73 Å². The zero-order valence-electron chi connectivity index (χ0n) is 12.6. The molecule has 1 aliphatic heterocycles. The lowest BCUT2D eigenvalue weighted by atomic mass is 9.72. The van der Waals surface area contributed by atoms with Crippen LogP contribution in [0.25, 0.3) is 0 Å². The molecule has 0 N–H and O–H groups in total. The second kappa shape index (κ2) is 5.47. The average molecular weight is 283 g/mol. The van der Waals surface area contributed by atoms with Crippen molar-refractivity contribution in [3.8, 4) is 0 Å². The first-order valence-electron chi connectivity index (χ1n) is 7.69. The maximum absolute atomic E-state index is 12.7. The topological polar surface area (TPSA) is 38.7 Å². The Morgan fingerprint density at radius 3 is 2.67 bits per heavy atom. The van der Waals surface area contributed by atoms with E-state index in [0.29, 0.717) is 5.90 Å². The van der Waals surface area contributed by atoms with E-state index in [1.54, 1.807) is 0 Å². The van der Waals surface area contributed by atoms with E-state index >= 15 is 0 Å². The molecule has 1 aromatic rings. The molecular weight excluding hydrogens is 262 g/mol. The van der Waals surface area contributed by atoms with Crippen LogP contribution in [0, 0.1) is 11.8 Å². The van der Waals surface area contributed by atoms with Crippen molar-refractivity contribution in [1.82, 2.24) is 0 Å². The average Bonchev–Trinajstić information content (AvgIpc) is 2.88. The minimum atomic E-state index is -0.762. The van der Waals surface area contributed by atoms with E-state index in [0.717, 1.165) is 24.8 Å². The van der Waals surface area contributed by atoms with Crippen LogP contribution in [0.5, 0.6) is 0 Å². The van der Waals surface area contributed by atoms with Crippen LogP contribution >= 0.6 is 0 Å². The Kier molecular flexibility index (Phi) is 3.66. The van der Waals surface area contributed by atoms with Gasteiger partial charge in [-0.15, -0.1) is 0 Å². The molecule has 0 radical (unpaired) electrons. The van der Waals surface area contributed by atoms with E-state index in [1.807, 2.05) is 30.3 Å². The lowest BCUT2D eigenvalue weighted by Crippen LogP contribution is -2.46. The number of hydrogen-bond acceptors (Lipinski definition) is 3. The van der Waals surface area contributed by atoms with Crippen molar-refractivity contribution in [1.29, 1.82) is 0 Å². The molecular formula is C18H21NO2. The lowest BCUT2D eigenvalue weighted by Gasteiger charge is -2.34. The number of nitrogens with zero attached hydrogens (tertiary/aromatic N) is 1. The molecule has 0 bridgehead atoms. The van der Waals surface area contributed by atoms with E-state index in [2.05, 4.69) is 26.0 Å². The van der Waals surface area contributed by atoms with Crippen molar-refractivity contribution in [2.24, 2.45) is 16.8 Å². The van der Waals surface area contributed by atoms with Crippen LogP contribution in [0.15, 0.2) is 47.5 Å². The summed E-state index contributed by atoms with van der Waals surface area (Å²) >= 11 is 0. The number of esters is 1. The highest BCUT2D eigenvalue weighted by Crippen LogP contribution is 2.41. The van der Waals surface area contributed by atoms with Crippen LogP contribution in [-0.2, 0) is 9.53 Å². The normalized spacial score (nSPS) is 28.6. The maximum atomic E-state index is 12.7. The number of rotatable bonds is 3. The number of hydrogen-bond donors (Lipinski definition) is 0. The van der Waals surface area contributed by atoms with E-state index in [9.17, 15) is 4.79 Å². The molecule has 110 valence electrons. The second-order valence-corrected chi connectivity index (χ2v) is 6.12. The lowest BCUT2D eigenvalue weighted by molar-refractivity contribution is -0.142. The largest absolute Gasteiger partial charge is 0.405 e. The summed E-state index contributed by atoms with van der Waals surface area (Å²) in [5, 5.41) is 0. The van der Waals surface area contributed by atoms with Crippen molar-refractivity contribution in [3.05, 3.63) is 48.0 Å². The van der Waals surface area contributed by atoms with Crippen LogP contribution in [0.2, 0.25) is 0 Å². The highest BCUT2D eigenvalue weighted by molar-refractivity contribution is 6.08. The molecule has 0 amide bonds. The molecule has 1 aliphatic carbocycles. The Morgan fingerprint density at radius 1 is 1.29 bits per heavy atom. The third-order valence-electron chi connectivity index (χ3n) is 4.52. The second-order valence-electron chi connectivity index (χ2n) is 6.12. The van der Waals surface area contributed by atoms with Crippen molar-refractivity contribution in [3.63, 3.8) is 0 Å². The number of cyclic esters (lactones) is 1. The van der Waals surface area contributed by atoms with Gasteiger partial charge in [0.2, 0.25) is 5.90 Å². The van der Waals surface area contributed by atoms with Gasteiger partial charge in [-0.3, -0.25) is 0 Å². The first kappa shape index (κ1) is 14.1. The zero-order valence-corrected chi connectivity index (χ0v) is 12.6. The van der Waals surface area contributed by atoms with Crippen LogP contribution in [0.3, 0.4) is 0 Å². The van der Waals surface area contributed by atoms with Gasteiger partial charge in [0.25, 0.3) is 0 Å². The number of benzene rings is 1. The predicted octanol–water partition coefficient (Wildman–Crippen LogP) is 3.74. The molecule has 2 aliphatic rings. The molecule has 0 spiro atoms. The summed E-state index contributed by atoms with van der Waals surface area (Å²) in [5.41, 5.74) is 0.107. The minimum absolute atomic E-state index is 0.110. The van der Waals surface area contributed by atoms with Gasteiger partial charge in [-0.2, -0.15) is 0 Å². The minimum Gasteiger partial charge on any atom is -0.405 e. The summed E-state index contributed by atoms with van der Waals surface area (Å²) in [5.74, 6) is 0.514. The monoisotopic (exact) mass is 283 g/mol. The number of allylic oxidation sites excluding steroid dienone is 1. The molecule has 0 saturated heterocycles. The first-order chi connectivity index (χ1) is 10.1. The van der Waals surface area contributed by atoms with Crippen LogP contribution in [-0.4, -0.2) is 17.4 Å². The molecule has 0 unspecified atom stereocenters. The molecule has 1 heterocycles. The summed E-state index contributed by atoms with van der Waals surface area (Å²) < 4.78 is 5.56. The Labute approximate surface area is 125 Å². The van der Waals surface area contributed by atoms with Crippen LogP contribution in [0.1, 0.15) is 38.7 Å². The zero-order chi connectivity index (χ0) is 14.9. The molecule has 3 rings (SSSR count). The fourth-order valence-corrected chi connectivity index (χ4v) is 3.32. The third kappa shape index (κ3) is 2.31. The van der Waals surface area contributed by atoms with E-state index in [1.165, 1.54) is 0 Å². The number of carbonyl (C=O) groups excluding carboxylic acids is 1. The van der Waals surface area contributed by atoms with Crippen LogP contribution < -0.4 is 0 Å².